The molecule has 41 heavy (non-hydrogen) atoms. The number of benzene rings is 3. The Labute approximate surface area is 246 Å². The van der Waals surface area contributed by atoms with Crippen LogP contribution < -0.4 is 19.7 Å². The van der Waals surface area contributed by atoms with Gasteiger partial charge in [0.25, 0.3) is 0 Å². The van der Waals surface area contributed by atoms with Gasteiger partial charge in [0.2, 0.25) is 10.0 Å². The van der Waals surface area contributed by atoms with Crippen molar-refractivity contribution in [1.29, 1.82) is 0 Å². The molecule has 1 aliphatic heterocycles. The van der Waals surface area contributed by atoms with Gasteiger partial charge in [-0.05, 0) is 79.4 Å². The third-order valence-corrected chi connectivity index (χ3v) is 7.73. The molecule has 0 aliphatic carbocycles. The highest BCUT2D eigenvalue weighted by Gasteiger charge is 2.25. The number of piperidine rings is 1. The van der Waals surface area contributed by atoms with Gasteiger partial charge in [0.05, 0.1) is 17.0 Å². The van der Waals surface area contributed by atoms with E-state index >= 15 is 0 Å². The molecule has 0 aromatic heterocycles. The van der Waals surface area contributed by atoms with Gasteiger partial charge in [0.1, 0.15) is 17.3 Å². The standard InChI is InChI=1S/C30H36ClFN4O4S/c1-3-4-17-36(29-14-7-23(32)20-28(29)31)30(37)33-24-15-18-35(19-16-24)21-22-5-10-26(11-6-22)40-27-12-8-25(9-13-27)34-41(2,38)39/h5-14,20,24,34H,3-4,15-19,21H2,1-2H3,(H,33,37). The van der Waals surface area contributed by atoms with E-state index < -0.39 is 15.8 Å². The largest absolute Gasteiger partial charge is 0.457 e. The van der Waals surface area contributed by atoms with Crippen molar-refractivity contribution >= 4 is 39.0 Å². The van der Waals surface area contributed by atoms with Crippen molar-refractivity contribution < 1.29 is 22.3 Å². The lowest BCUT2D eigenvalue weighted by molar-refractivity contribution is 0.188. The average Bonchev–Trinajstić information content (AvgIpc) is 2.92. The Morgan fingerprint density at radius 1 is 1.05 bits per heavy atom. The van der Waals surface area contributed by atoms with E-state index in [0.29, 0.717) is 29.4 Å². The predicted octanol–water partition coefficient (Wildman–Crippen LogP) is 6.62. The average molecular weight is 603 g/mol. The van der Waals surface area contributed by atoms with Gasteiger partial charge in [0.15, 0.2) is 0 Å². The summed E-state index contributed by atoms with van der Waals surface area (Å²) < 4.78 is 44.6. The van der Waals surface area contributed by atoms with Crippen molar-refractivity contribution in [1.82, 2.24) is 10.2 Å². The first kappa shape index (κ1) is 30.6. The number of carbonyl (C=O) groups excluding carboxylic acids is 1. The van der Waals surface area contributed by atoms with Gasteiger partial charge in [-0.15, -0.1) is 0 Å². The maximum Gasteiger partial charge on any atom is 0.322 e. The molecule has 2 N–H and O–H groups in total. The van der Waals surface area contributed by atoms with E-state index in [4.69, 9.17) is 16.3 Å². The van der Waals surface area contributed by atoms with Crippen LogP contribution in [0.15, 0.2) is 66.7 Å². The zero-order valence-electron chi connectivity index (χ0n) is 23.3. The van der Waals surface area contributed by atoms with E-state index in [9.17, 15) is 17.6 Å². The second-order valence-electron chi connectivity index (χ2n) is 10.2. The molecule has 11 heteroatoms. The van der Waals surface area contributed by atoms with Gasteiger partial charge >= 0.3 is 6.03 Å². The zero-order valence-corrected chi connectivity index (χ0v) is 24.8. The van der Waals surface area contributed by atoms with Crippen molar-refractivity contribution in [3.8, 4) is 11.5 Å². The van der Waals surface area contributed by atoms with Crippen LogP contribution in [0.1, 0.15) is 38.2 Å². The van der Waals surface area contributed by atoms with Crippen LogP contribution in [0.5, 0.6) is 11.5 Å². The molecule has 1 aliphatic rings. The van der Waals surface area contributed by atoms with Crippen molar-refractivity contribution in [2.75, 3.05) is 35.5 Å². The second kappa shape index (κ2) is 14.0. The number of hydrogen-bond donors (Lipinski definition) is 2. The Hall–Kier alpha value is -3.34. The molecule has 1 fully saturated rings. The summed E-state index contributed by atoms with van der Waals surface area (Å²) in [5.41, 5.74) is 2.15. The number of amides is 2. The highest BCUT2D eigenvalue weighted by molar-refractivity contribution is 7.92. The van der Waals surface area contributed by atoms with Crippen LogP contribution in [-0.2, 0) is 16.6 Å². The van der Waals surface area contributed by atoms with Crippen LogP contribution in [0.4, 0.5) is 20.6 Å². The first-order valence-corrected chi connectivity index (χ1v) is 16.0. The van der Waals surface area contributed by atoms with E-state index in [1.54, 1.807) is 35.2 Å². The molecule has 8 nitrogen and oxygen atoms in total. The predicted molar refractivity (Wildman–Crippen MR) is 162 cm³/mol. The number of carbonyl (C=O) groups is 1. The molecule has 0 atom stereocenters. The van der Waals surface area contributed by atoms with Crippen LogP contribution in [-0.4, -0.2) is 51.3 Å². The summed E-state index contributed by atoms with van der Waals surface area (Å²) in [7, 11) is -3.32. The van der Waals surface area contributed by atoms with E-state index in [1.165, 1.54) is 12.1 Å². The Morgan fingerprint density at radius 2 is 1.68 bits per heavy atom. The van der Waals surface area contributed by atoms with Crippen LogP contribution in [0, 0.1) is 5.82 Å². The fourth-order valence-corrected chi connectivity index (χ4v) is 5.53. The van der Waals surface area contributed by atoms with Gasteiger partial charge in [0, 0.05) is 37.9 Å². The molecule has 1 heterocycles. The molecular weight excluding hydrogens is 567 g/mol. The quantitative estimate of drug-likeness (QED) is 0.257. The highest BCUT2D eigenvalue weighted by atomic mass is 35.5. The molecule has 3 aromatic rings. The molecule has 4 rings (SSSR count). The van der Waals surface area contributed by atoms with Crippen LogP contribution in [0.2, 0.25) is 5.02 Å². The van der Waals surface area contributed by atoms with Crippen molar-refractivity contribution in [2.24, 2.45) is 0 Å². The number of nitrogens with zero attached hydrogens (tertiary/aromatic N) is 2. The van der Waals surface area contributed by atoms with E-state index in [-0.39, 0.29) is 17.1 Å². The Bertz CT molecular complexity index is 1410. The third-order valence-electron chi connectivity index (χ3n) is 6.82. The topological polar surface area (TPSA) is 91.0 Å². The molecule has 0 bridgehead atoms. The summed E-state index contributed by atoms with van der Waals surface area (Å²) in [6.07, 6.45) is 4.51. The lowest BCUT2D eigenvalue weighted by atomic mass is 10.0. The minimum absolute atomic E-state index is 0.0527. The van der Waals surface area contributed by atoms with Crippen molar-refractivity contribution in [3.63, 3.8) is 0 Å². The third kappa shape index (κ3) is 9.34. The summed E-state index contributed by atoms with van der Waals surface area (Å²) in [4.78, 5) is 17.1. The summed E-state index contributed by atoms with van der Waals surface area (Å²) in [5.74, 6) is 0.865. The number of sulfonamides is 1. The molecule has 0 spiro atoms. The lowest BCUT2D eigenvalue weighted by Gasteiger charge is -2.34. The highest BCUT2D eigenvalue weighted by Crippen LogP contribution is 2.28. The molecule has 0 radical (unpaired) electrons. The summed E-state index contributed by atoms with van der Waals surface area (Å²) >= 11 is 6.26. The zero-order chi connectivity index (χ0) is 29.4. The number of unbranched alkanes of at least 4 members (excludes halogenated alkanes) is 1. The first-order valence-electron chi connectivity index (χ1n) is 13.7. The van der Waals surface area contributed by atoms with Gasteiger partial charge in [-0.25, -0.2) is 17.6 Å². The van der Waals surface area contributed by atoms with Crippen LogP contribution >= 0.6 is 11.6 Å². The van der Waals surface area contributed by atoms with E-state index in [0.717, 1.165) is 57.1 Å². The number of anilines is 2. The normalized spacial score (nSPS) is 14.4. The molecule has 0 unspecified atom stereocenters. The molecule has 3 aromatic carbocycles. The minimum atomic E-state index is -3.32. The van der Waals surface area contributed by atoms with E-state index in [1.807, 2.05) is 24.3 Å². The fourth-order valence-electron chi connectivity index (χ4n) is 4.70. The number of urea groups is 1. The van der Waals surface area contributed by atoms with Gasteiger partial charge in [-0.1, -0.05) is 37.1 Å². The molecule has 0 saturated carbocycles. The van der Waals surface area contributed by atoms with Crippen molar-refractivity contribution in [3.05, 3.63) is 83.1 Å². The van der Waals surface area contributed by atoms with E-state index in [2.05, 4.69) is 21.9 Å². The molecule has 2 amide bonds. The second-order valence-corrected chi connectivity index (χ2v) is 12.4. The minimum Gasteiger partial charge on any atom is -0.457 e. The molecule has 1 saturated heterocycles. The number of halogens is 2. The first-order chi connectivity index (χ1) is 19.6. The number of nitrogens with one attached hydrogen (secondary N) is 2. The maximum atomic E-state index is 13.6. The summed E-state index contributed by atoms with van der Waals surface area (Å²) in [5, 5.41) is 3.38. The molecule has 220 valence electrons. The van der Waals surface area contributed by atoms with Gasteiger partial charge in [-0.3, -0.25) is 14.5 Å². The number of rotatable bonds is 11. The lowest BCUT2D eigenvalue weighted by Crippen LogP contribution is -2.49. The molecular formula is C30H36ClFN4O4S. The van der Waals surface area contributed by atoms with Crippen LogP contribution in [0.3, 0.4) is 0 Å². The van der Waals surface area contributed by atoms with Gasteiger partial charge < -0.3 is 10.1 Å². The number of likely N-dealkylation sites (tertiary alicyclic amines) is 1. The number of ether oxygens (including phenoxy) is 1. The maximum absolute atomic E-state index is 13.6. The van der Waals surface area contributed by atoms with Crippen LogP contribution in [0.25, 0.3) is 0 Å². The smallest absolute Gasteiger partial charge is 0.322 e. The number of hydrogen-bond acceptors (Lipinski definition) is 5. The fraction of sp³-hybridized carbons (Fsp3) is 0.367. The Morgan fingerprint density at radius 3 is 2.27 bits per heavy atom. The Kier molecular flexibility index (Phi) is 10.5. The van der Waals surface area contributed by atoms with Gasteiger partial charge in [-0.2, -0.15) is 0 Å². The summed E-state index contributed by atoms with van der Waals surface area (Å²) in [6.45, 7) is 5.06. The van der Waals surface area contributed by atoms with Crippen molar-refractivity contribution in [2.45, 2.75) is 45.2 Å². The monoisotopic (exact) mass is 602 g/mol. The Balaban J connectivity index is 1.25. The SMILES string of the molecule is CCCCN(C(=O)NC1CCN(Cc2ccc(Oc3ccc(NS(C)(=O)=O)cc3)cc2)CC1)c1ccc(F)cc1Cl. The summed E-state index contributed by atoms with van der Waals surface area (Å²) in [6, 6.07) is 18.6.